The van der Waals surface area contributed by atoms with Crippen molar-refractivity contribution in [1.29, 1.82) is 0 Å². The molecule has 2 fully saturated rings. The fourth-order valence-corrected chi connectivity index (χ4v) is 3.68. The Kier molecular flexibility index (Phi) is 5.45. The van der Waals surface area contributed by atoms with Crippen molar-refractivity contribution in [2.24, 2.45) is 0 Å². The predicted octanol–water partition coefficient (Wildman–Crippen LogP) is 1.52. The van der Waals surface area contributed by atoms with E-state index >= 15 is 0 Å². The standard InChI is InChI=1S/C16H25F2N5O/c1-2-20-9-11-21(12-10-20)13-4-7-22(8-5-13)15(24)14-3-6-19-23(14)16(17)18/h3,6,13,16H,2,4-5,7-12H2,1H3. The van der Waals surface area contributed by atoms with Crippen molar-refractivity contribution < 1.29 is 13.6 Å². The number of likely N-dealkylation sites (N-methyl/N-ethyl adjacent to an activating group) is 1. The van der Waals surface area contributed by atoms with Gasteiger partial charge in [0.2, 0.25) is 0 Å². The van der Waals surface area contributed by atoms with Crippen LogP contribution < -0.4 is 0 Å². The largest absolute Gasteiger partial charge is 0.337 e. The molecule has 24 heavy (non-hydrogen) atoms. The summed E-state index contributed by atoms with van der Waals surface area (Å²) < 4.78 is 26.2. The van der Waals surface area contributed by atoms with Crippen LogP contribution in [0.5, 0.6) is 0 Å². The summed E-state index contributed by atoms with van der Waals surface area (Å²) in [6.45, 7) is 6.08. The quantitative estimate of drug-likeness (QED) is 0.833. The molecule has 0 radical (unpaired) electrons. The summed E-state index contributed by atoms with van der Waals surface area (Å²) in [7, 11) is 0. The third kappa shape index (κ3) is 3.59. The maximum absolute atomic E-state index is 12.9. The molecule has 0 bridgehead atoms. The molecule has 0 aliphatic carbocycles. The number of carbonyl (C=O) groups is 1. The van der Waals surface area contributed by atoms with Crippen LogP contribution in [0, 0.1) is 0 Å². The summed E-state index contributed by atoms with van der Waals surface area (Å²) in [6, 6.07) is 1.86. The molecule has 0 unspecified atom stereocenters. The zero-order chi connectivity index (χ0) is 17.1. The smallest absolute Gasteiger partial charge is 0.333 e. The Labute approximate surface area is 141 Å². The van der Waals surface area contributed by atoms with Gasteiger partial charge in [0.05, 0.1) is 0 Å². The third-order valence-corrected chi connectivity index (χ3v) is 5.20. The number of piperidine rings is 1. The van der Waals surface area contributed by atoms with Crippen LogP contribution in [0.2, 0.25) is 0 Å². The second kappa shape index (κ2) is 7.57. The average molecular weight is 341 g/mol. The highest BCUT2D eigenvalue weighted by atomic mass is 19.3. The molecule has 2 saturated heterocycles. The second-order valence-electron chi connectivity index (χ2n) is 6.43. The van der Waals surface area contributed by atoms with Crippen LogP contribution in [0.4, 0.5) is 8.78 Å². The lowest BCUT2D eigenvalue weighted by atomic mass is 10.0. The molecule has 134 valence electrons. The number of amides is 1. The summed E-state index contributed by atoms with van der Waals surface area (Å²) in [4.78, 5) is 19.1. The Morgan fingerprint density at radius 3 is 2.46 bits per heavy atom. The normalized spacial score (nSPS) is 21.6. The van der Waals surface area contributed by atoms with E-state index in [1.807, 2.05) is 0 Å². The highest BCUT2D eigenvalue weighted by molar-refractivity contribution is 5.92. The van der Waals surface area contributed by atoms with Gasteiger partial charge in [-0.1, -0.05) is 6.92 Å². The molecule has 0 aromatic carbocycles. The highest BCUT2D eigenvalue weighted by Crippen LogP contribution is 2.21. The molecule has 1 aromatic rings. The fraction of sp³-hybridized carbons (Fsp3) is 0.750. The molecule has 1 amide bonds. The molecule has 6 nitrogen and oxygen atoms in total. The maximum atomic E-state index is 12.9. The zero-order valence-corrected chi connectivity index (χ0v) is 14.1. The molecule has 3 heterocycles. The Morgan fingerprint density at radius 2 is 1.88 bits per heavy atom. The molecule has 0 atom stereocenters. The van der Waals surface area contributed by atoms with Gasteiger partial charge in [-0.25, -0.2) is 0 Å². The molecule has 0 saturated carbocycles. The minimum atomic E-state index is -2.79. The SMILES string of the molecule is CCN1CCN(C2CCN(C(=O)c3ccnn3C(F)F)CC2)CC1. The van der Waals surface area contributed by atoms with Crippen LogP contribution in [0.3, 0.4) is 0 Å². The first kappa shape index (κ1) is 17.3. The van der Waals surface area contributed by atoms with Crippen molar-refractivity contribution >= 4 is 5.91 Å². The van der Waals surface area contributed by atoms with Crippen molar-refractivity contribution in [1.82, 2.24) is 24.5 Å². The number of nitrogens with zero attached hydrogens (tertiary/aromatic N) is 5. The Balaban J connectivity index is 1.53. The van der Waals surface area contributed by atoms with Crippen molar-refractivity contribution in [3.63, 3.8) is 0 Å². The number of carbonyl (C=O) groups excluding carboxylic acids is 1. The number of rotatable bonds is 4. The van der Waals surface area contributed by atoms with Gasteiger partial charge in [-0.15, -0.1) is 0 Å². The van der Waals surface area contributed by atoms with Gasteiger partial charge in [-0.3, -0.25) is 9.69 Å². The topological polar surface area (TPSA) is 44.6 Å². The molecule has 0 spiro atoms. The van der Waals surface area contributed by atoms with Crippen LogP contribution in [0.25, 0.3) is 0 Å². The van der Waals surface area contributed by atoms with Gasteiger partial charge in [-0.05, 0) is 25.5 Å². The summed E-state index contributed by atoms with van der Waals surface area (Å²) >= 11 is 0. The van der Waals surface area contributed by atoms with Crippen LogP contribution in [0.15, 0.2) is 12.3 Å². The molecule has 8 heteroatoms. The highest BCUT2D eigenvalue weighted by Gasteiger charge is 2.30. The Bertz CT molecular complexity index is 548. The van der Waals surface area contributed by atoms with Crippen molar-refractivity contribution in [2.45, 2.75) is 32.4 Å². The molecule has 2 aliphatic rings. The van der Waals surface area contributed by atoms with Crippen LogP contribution in [-0.2, 0) is 0 Å². The van der Waals surface area contributed by atoms with E-state index in [4.69, 9.17) is 0 Å². The maximum Gasteiger partial charge on any atom is 0.333 e. The summed E-state index contributed by atoms with van der Waals surface area (Å²) in [6.07, 6.45) is 3.06. The van der Waals surface area contributed by atoms with Crippen molar-refractivity contribution in [3.8, 4) is 0 Å². The van der Waals surface area contributed by atoms with E-state index < -0.39 is 6.55 Å². The predicted molar refractivity (Wildman–Crippen MR) is 86.1 cm³/mol. The van der Waals surface area contributed by atoms with E-state index in [1.165, 1.54) is 12.3 Å². The lowest BCUT2D eigenvalue weighted by Crippen LogP contribution is -2.53. The van der Waals surface area contributed by atoms with E-state index in [0.717, 1.165) is 45.6 Å². The van der Waals surface area contributed by atoms with E-state index in [2.05, 4.69) is 21.8 Å². The minimum Gasteiger partial charge on any atom is -0.337 e. The van der Waals surface area contributed by atoms with Crippen LogP contribution in [0.1, 0.15) is 36.8 Å². The van der Waals surface area contributed by atoms with Gasteiger partial charge in [0.15, 0.2) is 0 Å². The monoisotopic (exact) mass is 341 g/mol. The van der Waals surface area contributed by atoms with Crippen LogP contribution >= 0.6 is 0 Å². The number of likely N-dealkylation sites (tertiary alicyclic amines) is 1. The minimum absolute atomic E-state index is 0.0278. The molecule has 2 aliphatic heterocycles. The first-order valence-electron chi connectivity index (χ1n) is 8.67. The van der Waals surface area contributed by atoms with Gasteiger partial charge >= 0.3 is 6.55 Å². The molecule has 3 rings (SSSR count). The zero-order valence-electron chi connectivity index (χ0n) is 14.1. The van der Waals surface area contributed by atoms with Crippen LogP contribution in [-0.4, -0.2) is 82.2 Å². The van der Waals surface area contributed by atoms with Gasteiger partial charge in [0.1, 0.15) is 5.69 Å². The number of aromatic nitrogens is 2. The van der Waals surface area contributed by atoms with Gasteiger partial charge in [-0.2, -0.15) is 18.6 Å². The van der Waals surface area contributed by atoms with E-state index in [1.54, 1.807) is 4.90 Å². The lowest BCUT2D eigenvalue weighted by molar-refractivity contribution is 0.0379. The van der Waals surface area contributed by atoms with E-state index in [0.29, 0.717) is 23.8 Å². The number of halogens is 2. The van der Waals surface area contributed by atoms with Gasteiger partial charge in [0.25, 0.3) is 5.91 Å². The lowest BCUT2D eigenvalue weighted by Gasteiger charge is -2.42. The van der Waals surface area contributed by atoms with E-state index in [9.17, 15) is 13.6 Å². The summed E-state index contributed by atoms with van der Waals surface area (Å²) in [5.74, 6) is -0.345. The first-order valence-corrected chi connectivity index (χ1v) is 8.67. The molecule has 0 N–H and O–H groups in total. The van der Waals surface area contributed by atoms with Crippen molar-refractivity contribution in [2.75, 3.05) is 45.8 Å². The second-order valence-corrected chi connectivity index (χ2v) is 6.43. The number of piperazine rings is 1. The first-order chi connectivity index (χ1) is 11.6. The van der Waals surface area contributed by atoms with E-state index in [-0.39, 0.29) is 11.6 Å². The number of hydrogen-bond donors (Lipinski definition) is 0. The Hall–Kier alpha value is -1.54. The van der Waals surface area contributed by atoms with Crippen molar-refractivity contribution in [3.05, 3.63) is 18.0 Å². The molecule has 1 aromatic heterocycles. The third-order valence-electron chi connectivity index (χ3n) is 5.20. The molecular weight excluding hydrogens is 316 g/mol. The molecular formula is C16H25F2N5O. The average Bonchev–Trinajstić information content (AvgIpc) is 3.11. The van der Waals surface area contributed by atoms with Gasteiger partial charge in [0, 0.05) is 51.5 Å². The fourth-order valence-electron chi connectivity index (χ4n) is 3.68. The Morgan fingerprint density at radius 1 is 1.21 bits per heavy atom. The number of hydrogen-bond acceptors (Lipinski definition) is 4. The summed E-state index contributed by atoms with van der Waals surface area (Å²) in [5, 5.41) is 3.54. The summed E-state index contributed by atoms with van der Waals surface area (Å²) in [5.41, 5.74) is -0.0278. The van der Waals surface area contributed by atoms with Gasteiger partial charge < -0.3 is 9.80 Å². The number of alkyl halides is 2.